The highest BCUT2D eigenvalue weighted by Gasteiger charge is 2.46. The van der Waals surface area contributed by atoms with E-state index in [1.54, 1.807) is 41.1 Å². The number of rotatable bonds is 0. The Morgan fingerprint density at radius 1 is 1.00 bits per heavy atom. The molecule has 104 valence electrons. The molecule has 0 saturated heterocycles. The van der Waals surface area contributed by atoms with Crippen LogP contribution in [0.1, 0.15) is 32.4 Å². The van der Waals surface area contributed by atoms with Gasteiger partial charge >= 0.3 is 0 Å². The lowest BCUT2D eigenvalue weighted by Crippen LogP contribution is -2.46. The summed E-state index contributed by atoms with van der Waals surface area (Å²) >= 11 is 5.98. The van der Waals surface area contributed by atoms with Gasteiger partial charge in [0.25, 0.3) is 11.8 Å². The standard InChI is InChI=1S/C16H11ClN2O2/c1-18-14-10-4-2-3-5-11(10)16(21)19(14)13-7-6-9(17)8-12(13)15(18)20/h2-8,14H,1H3. The minimum absolute atomic E-state index is 0.0847. The van der Waals surface area contributed by atoms with Gasteiger partial charge in [0, 0.05) is 23.2 Å². The molecule has 5 heteroatoms. The summed E-state index contributed by atoms with van der Waals surface area (Å²) in [5.41, 5.74) is 2.58. The third kappa shape index (κ3) is 1.51. The van der Waals surface area contributed by atoms with Crippen molar-refractivity contribution in [3.63, 3.8) is 0 Å². The number of hydrogen-bond acceptors (Lipinski definition) is 2. The predicted molar refractivity (Wildman–Crippen MR) is 79.5 cm³/mol. The largest absolute Gasteiger partial charge is 0.317 e. The molecule has 0 bridgehead atoms. The molecule has 1 unspecified atom stereocenters. The molecule has 0 aliphatic carbocycles. The molecule has 2 aliphatic rings. The van der Waals surface area contributed by atoms with Crippen LogP contribution >= 0.6 is 11.6 Å². The van der Waals surface area contributed by atoms with Gasteiger partial charge < -0.3 is 4.90 Å². The Bertz CT molecular complexity index is 803. The Hall–Kier alpha value is -2.33. The maximum Gasteiger partial charge on any atom is 0.260 e. The molecule has 0 fully saturated rings. The van der Waals surface area contributed by atoms with E-state index in [1.165, 1.54) is 0 Å². The van der Waals surface area contributed by atoms with E-state index in [2.05, 4.69) is 0 Å². The van der Waals surface area contributed by atoms with Crippen molar-refractivity contribution in [3.8, 4) is 0 Å². The summed E-state index contributed by atoms with van der Waals surface area (Å²) in [6, 6.07) is 12.4. The van der Waals surface area contributed by atoms with Gasteiger partial charge in [-0.2, -0.15) is 0 Å². The van der Waals surface area contributed by atoms with Gasteiger partial charge in [-0.05, 0) is 24.3 Å². The van der Waals surface area contributed by atoms with Crippen molar-refractivity contribution in [2.75, 3.05) is 11.9 Å². The molecule has 0 N–H and O–H groups in total. The van der Waals surface area contributed by atoms with Crippen LogP contribution in [0.4, 0.5) is 5.69 Å². The monoisotopic (exact) mass is 298 g/mol. The van der Waals surface area contributed by atoms with Crippen molar-refractivity contribution < 1.29 is 9.59 Å². The lowest BCUT2D eigenvalue weighted by atomic mass is 10.0. The van der Waals surface area contributed by atoms with Crippen LogP contribution in [0.2, 0.25) is 5.02 Å². The number of carbonyl (C=O) groups excluding carboxylic acids is 2. The number of hydrogen-bond donors (Lipinski definition) is 0. The third-order valence-electron chi connectivity index (χ3n) is 4.07. The fraction of sp³-hybridized carbons (Fsp3) is 0.125. The lowest BCUT2D eigenvalue weighted by molar-refractivity contribution is 0.0702. The molecule has 4 nitrogen and oxygen atoms in total. The number of halogens is 1. The first-order valence-corrected chi connectivity index (χ1v) is 6.96. The first-order valence-electron chi connectivity index (χ1n) is 6.59. The number of benzene rings is 2. The molecule has 0 spiro atoms. The van der Waals surface area contributed by atoms with E-state index in [4.69, 9.17) is 11.6 Å². The van der Waals surface area contributed by atoms with Crippen LogP contribution in [0, 0.1) is 0 Å². The highest BCUT2D eigenvalue weighted by atomic mass is 35.5. The second-order valence-electron chi connectivity index (χ2n) is 5.21. The van der Waals surface area contributed by atoms with E-state index < -0.39 is 0 Å². The second kappa shape index (κ2) is 4.09. The molecule has 21 heavy (non-hydrogen) atoms. The molecule has 0 radical (unpaired) electrons. The van der Waals surface area contributed by atoms with Crippen molar-refractivity contribution in [2.45, 2.75) is 6.17 Å². The van der Waals surface area contributed by atoms with Crippen LogP contribution < -0.4 is 4.90 Å². The zero-order chi connectivity index (χ0) is 14.7. The van der Waals surface area contributed by atoms with Gasteiger partial charge in [0.05, 0.1) is 11.3 Å². The van der Waals surface area contributed by atoms with Crippen LogP contribution in [-0.2, 0) is 0 Å². The smallest absolute Gasteiger partial charge is 0.260 e. The van der Waals surface area contributed by atoms with E-state index in [0.717, 1.165) is 5.56 Å². The molecule has 2 aliphatic heterocycles. The molecule has 4 rings (SSSR count). The quantitative estimate of drug-likeness (QED) is 0.750. The van der Waals surface area contributed by atoms with Gasteiger partial charge in [-0.15, -0.1) is 0 Å². The molecule has 1 atom stereocenters. The van der Waals surface area contributed by atoms with Crippen LogP contribution in [0.25, 0.3) is 0 Å². The first-order chi connectivity index (χ1) is 10.1. The minimum atomic E-state index is -0.380. The number of amides is 2. The van der Waals surface area contributed by atoms with Gasteiger partial charge in [-0.25, -0.2) is 0 Å². The Labute approximate surface area is 126 Å². The molecule has 2 amide bonds. The molecule has 2 aromatic rings. The number of fused-ring (bicyclic) bond motifs is 5. The fourth-order valence-electron chi connectivity index (χ4n) is 3.11. The van der Waals surface area contributed by atoms with Crippen molar-refractivity contribution >= 4 is 29.1 Å². The van der Waals surface area contributed by atoms with E-state index in [9.17, 15) is 9.59 Å². The molecule has 0 saturated carbocycles. The molecular weight excluding hydrogens is 288 g/mol. The van der Waals surface area contributed by atoms with Gasteiger partial charge in [0.15, 0.2) is 0 Å². The Morgan fingerprint density at radius 3 is 2.57 bits per heavy atom. The summed E-state index contributed by atoms with van der Waals surface area (Å²) in [6.07, 6.45) is -0.380. The molecular formula is C16H11ClN2O2. The van der Waals surface area contributed by atoms with E-state index in [1.807, 2.05) is 18.2 Å². The van der Waals surface area contributed by atoms with E-state index in [-0.39, 0.29) is 18.0 Å². The van der Waals surface area contributed by atoms with Gasteiger partial charge in [-0.1, -0.05) is 29.8 Å². The first kappa shape index (κ1) is 12.4. The maximum absolute atomic E-state index is 12.7. The van der Waals surface area contributed by atoms with Gasteiger partial charge in [0.2, 0.25) is 0 Å². The topological polar surface area (TPSA) is 40.6 Å². The van der Waals surface area contributed by atoms with Crippen molar-refractivity contribution in [2.24, 2.45) is 0 Å². The maximum atomic E-state index is 12.7. The Morgan fingerprint density at radius 2 is 1.76 bits per heavy atom. The van der Waals surface area contributed by atoms with E-state index in [0.29, 0.717) is 21.8 Å². The van der Waals surface area contributed by atoms with E-state index >= 15 is 0 Å². The molecule has 2 heterocycles. The summed E-state index contributed by atoms with van der Waals surface area (Å²) in [5, 5.41) is 0.484. The zero-order valence-corrected chi connectivity index (χ0v) is 12.0. The summed E-state index contributed by atoms with van der Waals surface area (Å²) in [7, 11) is 1.71. The van der Waals surface area contributed by atoms with Crippen LogP contribution in [0.15, 0.2) is 42.5 Å². The highest BCUT2D eigenvalue weighted by Crippen LogP contribution is 2.44. The second-order valence-corrected chi connectivity index (χ2v) is 5.65. The van der Waals surface area contributed by atoms with Crippen molar-refractivity contribution in [3.05, 3.63) is 64.2 Å². The predicted octanol–water partition coefficient (Wildman–Crippen LogP) is 3.08. The third-order valence-corrected chi connectivity index (χ3v) is 4.30. The van der Waals surface area contributed by atoms with Crippen LogP contribution in [-0.4, -0.2) is 23.8 Å². The average molecular weight is 299 g/mol. The molecule has 0 aromatic heterocycles. The summed E-state index contributed by atoms with van der Waals surface area (Å²) in [5.74, 6) is -0.211. The highest BCUT2D eigenvalue weighted by molar-refractivity contribution is 6.31. The fourth-order valence-corrected chi connectivity index (χ4v) is 3.28. The normalized spacial score (nSPS) is 19.4. The lowest BCUT2D eigenvalue weighted by Gasteiger charge is -2.38. The van der Waals surface area contributed by atoms with Gasteiger partial charge in [-0.3, -0.25) is 14.5 Å². The average Bonchev–Trinajstić information content (AvgIpc) is 2.79. The van der Waals surface area contributed by atoms with Crippen molar-refractivity contribution in [1.82, 2.24) is 4.90 Å². The van der Waals surface area contributed by atoms with Crippen molar-refractivity contribution in [1.29, 1.82) is 0 Å². The Balaban J connectivity index is 2.00. The summed E-state index contributed by atoms with van der Waals surface area (Å²) < 4.78 is 0. The van der Waals surface area contributed by atoms with Crippen LogP contribution in [0.3, 0.4) is 0 Å². The Kier molecular flexibility index (Phi) is 2.41. The zero-order valence-electron chi connectivity index (χ0n) is 11.2. The molecule has 2 aromatic carbocycles. The minimum Gasteiger partial charge on any atom is -0.317 e. The van der Waals surface area contributed by atoms with Crippen LogP contribution in [0.5, 0.6) is 0 Å². The van der Waals surface area contributed by atoms with Gasteiger partial charge in [0.1, 0.15) is 6.17 Å². The summed E-state index contributed by atoms with van der Waals surface area (Å²) in [4.78, 5) is 28.5. The number of nitrogens with zero attached hydrogens (tertiary/aromatic N) is 2. The SMILES string of the molecule is CN1C(=O)c2cc(Cl)ccc2N2C(=O)c3ccccc3C12. The summed E-state index contributed by atoms with van der Waals surface area (Å²) in [6.45, 7) is 0. The number of anilines is 1. The number of carbonyl (C=O) groups is 2.